The van der Waals surface area contributed by atoms with Crippen LogP contribution in [0.15, 0.2) is 41.1 Å². The molecular formula is C12H9BrN4. The Morgan fingerprint density at radius 3 is 2.88 bits per heavy atom. The fourth-order valence-electron chi connectivity index (χ4n) is 1.71. The van der Waals surface area contributed by atoms with E-state index in [1.165, 1.54) is 0 Å². The van der Waals surface area contributed by atoms with Crippen molar-refractivity contribution in [3.63, 3.8) is 0 Å². The number of rotatable bonds is 1. The third kappa shape index (κ3) is 1.89. The zero-order chi connectivity index (χ0) is 11.8. The molecule has 0 aliphatic carbocycles. The van der Waals surface area contributed by atoms with E-state index < -0.39 is 0 Å². The first kappa shape index (κ1) is 10.3. The lowest BCUT2D eigenvalue weighted by Crippen LogP contribution is -1.82. The number of benzene rings is 1. The number of anilines is 1. The molecule has 1 aromatic carbocycles. The number of nitrogens with one attached hydrogen (secondary N) is 1. The minimum atomic E-state index is 0.722. The summed E-state index contributed by atoms with van der Waals surface area (Å²) in [6, 6.07) is 7.58. The number of nitrogens with zero attached hydrogens (tertiary/aromatic N) is 2. The van der Waals surface area contributed by atoms with Crippen molar-refractivity contribution in [3.8, 4) is 11.4 Å². The van der Waals surface area contributed by atoms with Gasteiger partial charge in [0.15, 0.2) is 0 Å². The van der Waals surface area contributed by atoms with Gasteiger partial charge in [-0.25, -0.2) is 4.98 Å². The van der Waals surface area contributed by atoms with Crippen molar-refractivity contribution in [2.24, 2.45) is 0 Å². The van der Waals surface area contributed by atoms with Crippen molar-refractivity contribution in [2.75, 3.05) is 5.73 Å². The Morgan fingerprint density at radius 1 is 1.18 bits per heavy atom. The first-order valence-electron chi connectivity index (χ1n) is 5.08. The number of halogens is 1. The second kappa shape index (κ2) is 3.85. The molecule has 0 aliphatic rings. The number of nitrogens with two attached hydrogens (primary N) is 1. The first-order chi connectivity index (χ1) is 8.22. The van der Waals surface area contributed by atoms with E-state index in [1.807, 2.05) is 24.3 Å². The summed E-state index contributed by atoms with van der Waals surface area (Å²) in [5.41, 5.74) is 9.22. The number of aromatic nitrogens is 3. The molecule has 4 nitrogen and oxygen atoms in total. The van der Waals surface area contributed by atoms with Gasteiger partial charge in [-0.3, -0.25) is 4.98 Å². The molecule has 3 aromatic rings. The highest BCUT2D eigenvalue weighted by Crippen LogP contribution is 2.23. The van der Waals surface area contributed by atoms with Gasteiger partial charge in [-0.1, -0.05) is 0 Å². The van der Waals surface area contributed by atoms with Crippen molar-refractivity contribution < 1.29 is 0 Å². The summed E-state index contributed by atoms with van der Waals surface area (Å²) < 4.78 is 0.926. The smallest absolute Gasteiger partial charge is 0.140 e. The summed E-state index contributed by atoms with van der Waals surface area (Å²) in [6.07, 6.45) is 3.51. The maximum Gasteiger partial charge on any atom is 0.140 e. The molecule has 0 saturated heterocycles. The quantitative estimate of drug-likeness (QED) is 0.677. The predicted molar refractivity (Wildman–Crippen MR) is 71.4 cm³/mol. The Balaban J connectivity index is 2.18. The van der Waals surface area contributed by atoms with Gasteiger partial charge in [-0.15, -0.1) is 0 Å². The number of fused-ring (bicyclic) bond motifs is 1. The summed E-state index contributed by atoms with van der Waals surface area (Å²) in [6.45, 7) is 0. The number of imidazole rings is 1. The Morgan fingerprint density at radius 2 is 2.06 bits per heavy atom. The Hall–Kier alpha value is -1.88. The van der Waals surface area contributed by atoms with Crippen LogP contribution in [0.4, 0.5) is 5.69 Å². The van der Waals surface area contributed by atoms with E-state index >= 15 is 0 Å². The monoisotopic (exact) mass is 288 g/mol. The standard InChI is InChI=1S/C12H9BrN4/c13-8-3-7(5-15-6-8)12-16-10-2-1-9(14)4-11(10)17-12/h1-6H,14H2,(H,16,17). The van der Waals surface area contributed by atoms with Gasteiger partial charge < -0.3 is 10.7 Å². The third-order valence-corrected chi connectivity index (χ3v) is 2.92. The minimum Gasteiger partial charge on any atom is -0.399 e. The second-order valence-electron chi connectivity index (χ2n) is 3.75. The van der Waals surface area contributed by atoms with Crippen LogP contribution in [0.5, 0.6) is 0 Å². The molecule has 3 N–H and O–H groups in total. The molecule has 0 fully saturated rings. The Bertz CT molecular complexity index is 690. The molecule has 0 amide bonds. The highest BCUT2D eigenvalue weighted by atomic mass is 79.9. The van der Waals surface area contributed by atoms with Gasteiger partial charge in [-0.05, 0) is 40.2 Å². The number of H-pyrrole nitrogens is 1. The van der Waals surface area contributed by atoms with Gasteiger partial charge in [0.05, 0.1) is 11.0 Å². The molecule has 0 atom stereocenters. The van der Waals surface area contributed by atoms with Crippen molar-refractivity contribution in [2.45, 2.75) is 0 Å². The normalized spacial score (nSPS) is 10.9. The molecule has 0 radical (unpaired) electrons. The molecule has 0 unspecified atom stereocenters. The fourth-order valence-corrected chi connectivity index (χ4v) is 2.07. The maximum absolute atomic E-state index is 5.73. The molecule has 0 bridgehead atoms. The molecule has 17 heavy (non-hydrogen) atoms. The zero-order valence-corrected chi connectivity index (χ0v) is 10.4. The highest BCUT2D eigenvalue weighted by molar-refractivity contribution is 9.10. The maximum atomic E-state index is 5.73. The first-order valence-corrected chi connectivity index (χ1v) is 5.88. The van der Waals surface area contributed by atoms with Gasteiger partial charge in [0.2, 0.25) is 0 Å². The van der Waals surface area contributed by atoms with Crippen LogP contribution >= 0.6 is 15.9 Å². The lowest BCUT2D eigenvalue weighted by Gasteiger charge is -1.95. The summed E-state index contributed by atoms with van der Waals surface area (Å²) >= 11 is 3.39. The van der Waals surface area contributed by atoms with E-state index in [9.17, 15) is 0 Å². The predicted octanol–water partition coefficient (Wildman–Crippen LogP) is 2.97. The van der Waals surface area contributed by atoms with Crippen LogP contribution < -0.4 is 5.73 Å². The van der Waals surface area contributed by atoms with Gasteiger partial charge in [0.1, 0.15) is 5.82 Å². The van der Waals surface area contributed by atoms with Crippen molar-refractivity contribution >= 4 is 32.7 Å². The molecule has 5 heteroatoms. The van der Waals surface area contributed by atoms with Crippen LogP contribution in [0, 0.1) is 0 Å². The van der Waals surface area contributed by atoms with E-state index in [0.29, 0.717) is 0 Å². The van der Waals surface area contributed by atoms with Crippen LogP contribution in [0.3, 0.4) is 0 Å². The van der Waals surface area contributed by atoms with Gasteiger partial charge in [0.25, 0.3) is 0 Å². The topological polar surface area (TPSA) is 67.6 Å². The van der Waals surface area contributed by atoms with Crippen LogP contribution in [0.25, 0.3) is 22.4 Å². The largest absolute Gasteiger partial charge is 0.399 e. The van der Waals surface area contributed by atoms with E-state index in [1.54, 1.807) is 12.4 Å². The number of aromatic amines is 1. The van der Waals surface area contributed by atoms with E-state index in [2.05, 4.69) is 30.9 Å². The molecule has 3 rings (SSSR count). The number of hydrogen-bond donors (Lipinski definition) is 2. The fraction of sp³-hybridized carbons (Fsp3) is 0. The molecule has 0 spiro atoms. The van der Waals surface area contributed by atoms with Gasteiger partial charge >= 0.3 is 0 Å². The summed E-state index contributed by atoms with van der Waals surface area (Å²) in [5.74, 6) is 0.791. The minimum absolute atomic E-state index is 0.722. The molecule has 84 valence electrons. The number of pyridine rings is 1. The van der Waals surface area contributed by atoms with Crippen LogP contribution in [-0.4, -0.2) is 15.0 Å². The molecule has 2 aromatic heterocycles. The third-order valence-electron chi connectivity index (χ3n) is 2.48. The highest BCUT2D eigenvalue weighted by Gasteiger charge is 2.06. The molecule has 0 aliphatic heterocycles. The van der Waals surface area contributed by atoms with E-state index in [4.69, 9.17) is 5.73 Å². The van der Waals surface area contributed by atoms with Crippen LogP contribution in [-0.2, 0) is 0 Å². The zero-order valence-electron chi connectivity index (χ0n) is 8.81. The Labute approximate surface area is 106 Å². The SMILES string of the molecule is Nc1ccc2nc(-c3cncc(Br)c3)[nH]c2c1. The second-order valence-corrected chi connectivity index (χ2v) is 4.67. The van der Waals surface area contributed by atoms with E-state index in [0.717, 1.165) is 32.6 Å². The van der Waals surface area contributed by atoms with Gasteiger partial charge in [0, 0.05) is 28.1 Å². The summed E-state index contributed by atoms with van der Waals surface area (Å²) in [5, 5.41) is 0. The molecule has 2 heterocycles. The van der Waals surface area contributed by atoms with Crippen LogP contribution in [0.1, 0.15) is 0 Å². The van der Waals surface area contributed by atoms with Crippen LogP contribution in [0.2, 0.25) is 0 Å². The molecular weight excluding hydrogens is 280 g/mol. The lowest BCUT2D eigenvalue weighted by molar-refractivity contribution is 1.26. The Kier molecular flexibility index (Phi) is 2.33. The van der Waals surface area contributed by atoms with E-state index in [-0.39, 0.29) is 0 Å². The lowest BCUT2D eigenvalue weighted by atomic mass is 10.3. The van der Waals surface area contributed by atoms with Crippen molar-refractivity contribution in [1.29, 1.82) is 0 Å². The number of hydrogen-bond acceptors (Lipinski definition) is 3. The van der Waals surface area contributed by atoms with Crippen molar-refractivity contribution in [3.05, 3.63) is 41.1 Å². The summed E-state index contributed by atoms with van der Waals surface area (Å²) in [7, 11) is 0. The van der Waals surface area contributed by atoms with Crippen molar-refractivity contribution in [1.82, 2.24) is 15.0 Å². The molecule has 0 saturated carbocycles. The average Bonchev–Trinajstić information content (AvgIpc) is 2.72. The van der Waals surface area contributed by atoms with Gasteiger partial charge in [-0.2, -0.15) is 0 Å². The number of nitrogen functional groups attached to an aromatic ring is 1. The summed E-state index contributed by atoms with van der Waals surface area (Å²) in [4.78, 5) is 11.8. The average molecular weight is 289 g/mol.